The Kier molecular flexibility index (Phi) is 4.76. The van der Waals surface area contributed by atoms with Gasteiger partial charge in [-0.1, -0.05) is 0 Å². The maximum Gasteiger partial charge on any atom is 0.306 e. The van der Waals surface area contributed by atoms with E-state index in [4.69, 9.17) is 5.11 Å². The van der Waals surface area contributed by atoms with Gasteiger partial charge in [0.25, 0.3) is 0 Å². The summed E-state index contributed by atoms with van der Waals surface area (Å²) in [6.45, 7) is 1.04. The van der Waals surface area contributed by atoms with Crippen LogP contribution in [0.2, 0.25) is 0 Å². The van der Waals surface area contributed by atoms with Gasteiger partial charge in [-0.15, -0.1) is 11.3 Å². The Bertz CT molecular complexity index is 504. The summed E-state index contributed by atoms with van der Waals surface area (Å²) in [5.74, 6) is -1.11. The molecule has 1 aromatic heterocycles. The molecule has 1 N–H and O–H groups in total. The lowest BCUT2D eigenvalue weighted by atomic mass is 9.97. The van der Waals surface area contributed by atoms with Crippen LogP contribution in [-0.2, 0) is 9.59 Å². The minimum atomic E-state index is -0.758. The van der Waals surface area contributed by atoms with E-state index < -0.39 is 5.97 Å². The van der Waals surface area contributed by atoms with Crippen molar-refractivity contribution in [2.45, 2.75) is 12.8 Å². The molecule has 102 valence electrons. The van der Waals surface area contributed by atoms with E-state index in [1.54, 1.807) is 28.4 Å². The van der Waals surface area contributed by atoms with Gasteiger partial charge in [-0.2, -0.15) is 0 Å². The van der Waals surface area contributed by atoms with E-state index in [0.717, 1.165) is 9.35 Å². The highest BCUT2D eigenvalue weighted by Gasteiger charge is 2.25. The molecule has 0 bridgehead atoms. The first kappa shape index (κ1) is 14.3. The second-order valence-electron chi connectivity index (χ2n) is 4.44. The van der Waals surface area contributed by atoms with E-state index in [-0.39, 0.29) is 11.8 Å². The summed E-state index contributed by atoms with van der Waals surface area (Å²) < 4.78 is 1.01. The quantitative estimate of drug-likeness (QED) is 0.858. The Morgan fingerprint density at radius 2 is 2.11 bits per heavy atom. The van der Waals surface area contributed by atoms with Crippen LogP contribution in [0.5, 0.6) is 0 Å². The van der Waals surface area contributed by atoms with Gasteiger partial charge in [-0.3, -0.25) is 9.59 Å². The van der Waals surface area contributed by atoms with Gasteiger partial charge >= 0.3 is 5.97 Å². The minimum Gasteiger partial charge on any atom is -0.481 e. The highest BCUT2D eigenvalue weighted by molar-refractivity contribution is 9.10. The van der Waals surface area contributed by atoms with Crippen molar-refractivity contribution < 1.29 is 14.7 Å². The molecule has 0 saturated carbocycles. The van der Waals surface area contributed by atoms with Gasteiger partial charge < -0.3 is 10.0 Å². The summed E-state index contributed by atoms with van der Waals surface area (Å²) in [6, 6.07) is 1.95. The number of amides is 1. The Morgan fingerprint density at radius 3 is 2.63 bits per heavy atom. The second kappa shape index (κ2) is 6.34. The van der Waals surface area contributed by atoms with Crippen molar-refractivity contribution in [3.05, 3.63) is 26.9 Å². The predicted molar refractivity (Wildman–Crippen MR) is 78.0 cm³/mol. The Morgan fingerprint density at radius 1 is 1.42 bits per heavy atom. The highest BCUT2D eigenvalue weighted by Crippen LogP contribution is 2.21. The van der Waals surface area contributed by atoms with Crippen molar-refractivity contribution in [1.29, 1.82) is 0 Å². The summed E-state index contributed by atoms with van der Waals surface area (Å²) in [5, 5.41) is 10.9. The summed E-state index contributed by atoms with van der Waals surface area (Å²) >= 11 is 4.92. The standard InChI is InChI=1S/C13H14BrNO3S/c14-10-7-11(19-8-10)1-2-12(16)15-5-3-9(4-6-15)13(17)18/h1-2,7-9H,3-6H2,(H,17,18). The van der Waals surface area contributed by atoms with Gasteiger partial charge in [0, 0.05) is 33.9 Å². The van der Waals surface area contributed by atoms with Gasteiger partial charge in [-0.25, -0.2) is 0 Å². The number of rotatable bonds is 3. The largest absolute Gasteiger partial charge is 0.481 e. The van der Waals surface area contributed by atoms with Gasteiger partial charge in [0.05, 0.1) is 5.92 Å². The number of likely N-dealkylation sites (tertiary alicyclic amines) is 1. The zero-order chi connectivity index (χ0) is 13.8. The Labute approximate surface area is 123 Å². The van der Waals surface area contributed by atoms with Crippen molar-refractivity contribution in [3.63, 3.8) is 0 Å². The fraction of sp³-hybridized carbons (Fsp3) is 0.385. The van der Waals surface area contributed by atoms with E-state index in [9.17, 15) is 9.59 Å². The average molecular weight is 344 g/mol. The third-order valence-electron chi connectivity index (χ3n) is 3.13. The maximum absolute atomic E-state index is 11.9. The van der Waals surface area contributed by atoms with E-state index in [1.165, 1.54) is 0 Å². The number of carboxylic acids is 1. The van der Waals surface area contributed by atoms with Crippen molar-refractivity contribution in [1.82, 2.24) is 4.90 Å². The van der Waals surface area contributed by atoms with E-state index >= 15 is 0 Å². The fourth-order valence-electron chi connectivity index (χ4n) is 2.02. The molecule has 0 atom stereocenters. The Hall–Kier alpha value is -1.14. The lowest BCUT2D eigenvalue weighted by Crippen LogP contribution is -2.39. The SMILES string of the molecule is O=C(O)C1CCN(C(=O)C=Cc2cc(Br)cs2)CC1. The molecule has 19 heavy (non-hydrogen) atoms. The second-order valence-corrected chi connectivity index (χ2v) is 6.30. The molecule has 0 radical (unpaired) electrons. The average Bonchev–Trinajstić information content (AvgIpc) is 2.82. The van der Waals surface area contributed by atoms with Gasteiger partial charge in [0.2, 0.25) is 5.91 Å². The highest BCUT2D eigenvalue weighted by atomic mass is 79.9. The molecule has 0 aliphatic carbocycles. The lowest BCUT2D eigenvalue weighted by Gasteiger charge is -2.29. The number of hydrogen-bond donors (Lipinski definition) is 1. The first-order valence-electron chi connectivity index (χ1n) is 6.00. The van der Waals surface area contributed by atoms with Crippen LogP contribution >= 0.6 is 27.3 Å². The molecule has 0 unspecified atom stereocenters. The van der Waals surface area contributed by atoms with E-state index in [2.05, 4.69) is 15.9 Å². The monoisotopic (exact) mass is 343 g/mol. The van der Waals surface area contributed by atoms with Crippen LogP contribution < -0.4 is 0 Å². The summed E-state index contributed by atoms with van der Waals surface area (Å²) in [5.41, 5.74) is 0. The summed E-state index contributed by atoms with van der Waals surface area (Å²) in [6.07, 6.45) is 4.43. The Balaban J connectivity index is 1.88. The number of aliphatic carboxylic acids is 1. The topological polar surface area (TPSA) is 57.6 Å². The molecule has 4 nitrogen and oxygen atoms in total. The molecule has 1 aliphatic rings. The maximum atomic E-state index is 11.9. The third kappa shape index (κ3) is 3.91. The number of hydrogen-bond acceptors (Lipinski definition) is 3. The van der Waals surface area contributed by atoms with E-state index in [1.807, 2.05) is 11.4 Å². The molecular weight excluding hydrogens is 330 g/mol. The first-order chi connectivity index (χ1) is 9.06. The normalized spacial score (nSPS) is 17.0. The molecule has 2 rings (SSSR count). The summed E-state index contributed by atoms with van der Waals surface area (Å²) in [7, 11) is 0. The van der Waals surface area contributed by atoms with Crippen LogP contribution in [0.1, 0.15) is 17.7 Å². The van der Waals surface area contributed by atoms with Crippen LogP contribution in [0.4, 0.5) is 0 Å². The third-order valence-corrected chi connectivity index (χ3v) is 4.79. The lowest BCUT2D eigenvalue weighted by molar-refractivity contribution is -0.144. The zero-order valence-electron chi connectivity index (χ0n) is 10.2. The molecule has 0 aromatic carbocycles. The van der Waals surface area contributed by atoms with Crippen LogP contribution in [-0.4, -0.2) is 35.0 Å². The molecule has 0 spiro atoms. The number of halogens is 1. The molecule has 1 saturated heterocycles. The van der Waals surface area contributed by atoms with Crippen molar-refractivity contribution in [2.24, 2.45) is 5.92 Å². The minimum absolute atomic E-state index is 0.0478. The predicted octanol–water partition coefficient (Wildman–Crippen LogP) is 2.85. The van der Waals surface area contributed by atoms with Crippen molar-refractivity contribution in [2.75, 3.05) is 13.1 Å². The molecule has 1 aliphatic heterocycles. The van der Waals surface area contributed by atoms with Crippen LogP contribution in [0.25, 0.3) is 6.08 Å². The molecular formula is C13H14BrNO3S. The number of nitrogens with zero attached hydrogens (tertiary/aromatic N) is 1. The zero-order valence-corrected chi connectivity index (χ0v) is 12.6. The van der Waals surface area contributed by atoms with Crippen molar-refractivity contribution in [3.8, 4) is 0 Å². The number of carbonyl (C=O) groups excluding carboxylic acids is 1. The molecule has 1 aromatic rings. The van der Waals surface area contributed by atoms with Gasteiger partial charge in [0.1, 0.15) is 0 Å². The molecule has 1 fully saturated rings. The van der Waals surface area contributed by atoms with Gasteiger partial charge in [0.15, 0.2) is 0 Å². The molecule has 2 heterocycles. The van der Waals surface area contributed by atoms with E-state index in [0.29, 0.717) is 25.9 Å². The van der Waals surface area contributed by atoms with Crippen molar-refractivity contribution >= 4 is 45.2 Å². The fourth-order valence-corrected chi connectivity index (χ4v) is 3.36. The van der Waals surface area contributed by atoms with Crippen LogP contribution in [0.3, 0.4) is 0 Å². The van der Waals surface area contributed by atoms with Crippen LogP contribution in [0.15, 0.2) is 22.0 Å². The molecule has 1 amide bonds. The molecule has 6 heteroatoms. The number of carboxylic acid groups (broad SMARTS) is 1. The summed E-state index contributed by atoms with van der Waals surface area (Å²) in [4.78, 5) is 25.5. The number of carbonyl (C=O) groups is 2. The smallest absolute Gasteiger partial charge is 0.306 e. The number of piperidine rings is 1. The van der Waals surface area contributed by atoms with Crippen LogP contribution in [0, 0.1) is 5.92 Å². The van der Waals surface area contributed by atoms with Gasteiger partial charge in [-0.05, 0) is 40.9 Å². The first-order valence-corrected chi connectivity index (χ1v) is 7.67. The number of thiophene rings is 1.